The van der Waals surface area contributed by atoms with E-state index in [9.17, 15) is 0 Å². The van der Waals surface area contributed by atoms with E-state index in [1.807, 2.05) is 19.2 Å². The van der Waals surface area contributed by atoms with Crippen LogP contribution >= 0.6 is 22.9 Å². The molecule has 0 spiro atoms. The molecule has 0 aliphatic heterocycles. The molecule has 1 aromatic heterocycles. The summed E-state index contributed by atoms with van der Waals surface area (Å²) in [6.45, 7) is 5.62. The summed E-state index contributed by atoms with van der Waals surface area (Å²) >= 11 is 7.48. The van der Waals surface area contributed by atoms with Crippen LogP contribution in [0.5, 0.6) is 5.75 Å². The van der Waals surface area contributed by atoms with E-state index in [2.05, 4.69) is 31.3 Å². The van der Waals surface area contributed by atoms with Gasteiger partial charge in [-0.15, -0.1) is 11.3 Å². The van der Waals surface area contributed by atoms with E-state index in [0.717, 1.165) is 21.5 Å². The molecule has 2 aromatic rings. The first-order valence-electron chi connectivity index (χ1n) is 6.22. The van der Waals surface area contributed by atoms with Crippen molar-refractivity contribution in [2.45, 2.75) is 27.0 Å². The largest absolute Gasteiger partial charge is 0.488 e. The fourth-order valence-corrected chi connectivity index (χ4v) is 3.15. The zero-order chi connectivity index (χ0) is 13.8. The molecule has 0 fully saturated rings. The molecule has 0 saturated carbocycles. The van der Waals surface area contributed by atoms with Gasteiger partial charge in [0.15, 0.2) is 0 Å². The van der Waals surface area contributed by atoms with Gasteiger partial charge in [-0.1, -0.05) is 23.7 Å². The van der Waals surface area contributed by atoms with Crippen molar-refractivity contribution in [2.75, 3.05) is 7.05 Å². The van der Waals surface area contributed by atoms with Crippen LogP contribution in [0.4, 0.5) is 0 Å². The lowest BCUT2D eigenvalue weighted by Crippen LogP contribution is -2.06. The van der Waals surface area contributed by atoms with Gasteiger partial charge in [0.25, 0.3) is 0 Å². The van der Waals surface area contributed by atoms with Crippen LogP contribution in [0.1, 0.15) is 21.6 Å². The van der Waals surface area contributed by atoms with Crippen molar-refractivity contribution in [2.24, 2.45) is 0 Å². The number of ether oxygens (including phenoxy) is 1. The molecule has 2 nitrogen and oxygen atoms in total. The van der Waals surface area contributed by atoms with Crippen molar-refractivity contribution in [3.8, 4) is 5.75 Å². The minimum Gasteiger partial charge on any atom is -0.488 e. The molecular weight excluding hydrogens is 278 g/mol. The zero-order valence-electron chi connectivity index (χ0n) is 11.4. The Morgan fingerprint density at radius 2 is 1.89 bits per heavy atom. The minimum absolute atomic E-state index is 0.574. The summed E-state index contributed by atoms with van der Waals surface area (Å²) in [4.78, 5) is 1.14. The number of benzene rings is 1. The van der Waals surface area contributed by atoms with Gasteiger partial charge in [0.1, 0.15) is 12.4 Å². The number of hydrogen-bond donors (Lipinski definition) is 1. The fraction of sp³-hybridized carbons (Fsp3) is 0.333. The topological polar surface area (TPSA) is 21.3 Å². The summed E-state index contributed by atoms with van der Waals surface area (Å²) in [6, 6.07) is 8.24. The SMILES string of the molecule is CNCc1cc(C)c(OCc2ccc(Cl)s2)c(C)c1. The maximum atomic E-state index is 5.93. The third-order valence-corrected chi connectivity index (χ3v) is 4.09. The van der Waals surface area contributed by atoms with Gasteiger partial charge in [-0.25, -0.2) is 0 Å². The van der Waals surface area contributed by atoms with E-state index in [1.165, 1.54) is 16.7 Å². The Kier molecular flexibility index (Phi) is 4.86. The molecule has 19 heavy (non-hydrogen) atoms. The second-order valence-corrected chi connectivity index (χ2v) is 6.38. The Hall–Kier alpha value is -1.03. The van der Waals surface area contributed by atoms with Crippen LogP contribution in [0, 0.1) is 13.8 Å². The normalized spacial score (nSPS) is 10.7. The molecule has 0 bridgehead atoms. The van der Waals surface area contributed by atoms with Crippen molar-refractivity contribution in [1.82, 2.24) is 5.32 Å². The summed E-state index contributed by atoms with van der Waals surface area (Å²) < 4.78 is 6.73. The van der Waals surface area contributed by atoms with Crippen molar-refractivity contribution < 1.29 is 4.74 Å². The van der Waals surface area contributed by atoms with Crippen molar-refractivity contribution in [3.05, 3.63) is 50.2 Å². The highest BCUT2D eigenvalue weighted by molar-refractivity contribution is 7.16. The number of aryl methyl sites for hydroxylation is 2. The highest BCUT2D eigenvalue weighted by Crippen LogP contribution is 2.28. The van der Waals surface area contributed by atoms with Gasteiger partial charge < -0.3 is 10.1 Å². The first kappa shape index (κ1) is 14.4. The predicted octanol–water partition coefficient (Wildman–Crippen LogP) is 4.32. The van der Waals surface area contributed by atoms with Gasteiger partial charge in [0, 0.05) is 11.4 Å². The Labute approximate surface area is 123 Å². The summed E-state index contributed by atoms with van der Waals surface area (Å²) in [6.07, 6.45) is 0. The highest BCUT2D eigenvalue weighted by Gasteiger charge is 2.07. The predicted molar refractivity (Wildman–Crippen MR) is 82.3 cm³/mol. The fourth-order valence-electron chi connectivity index (χ4n) is 2.15. The van der Waals surface area contributed by atoms with Gasteiger partial charge in [-0.2, -0.15) is 0 Å². The van der Waals surface area contributed by atoms with Crippen LogP contribution < -0.4 is 10.1 Å². The number of nitrogens with one attached hydrogen (secondary N) is 1. The second kappa shape index (κ2) is 6.42. The molecule has 0 aliphatic rings. The maximum absolute atomic E-state index is 5.93. The first-order valence-corrected chi connectivity index (χ1v) is 7.41. The average Bonchev–Trinajstić information content (AvgIpc) is 2.74. The quantitative estimate of drug-likeness (QED) is 0.887. The number of rotatable bonds is 5. The van der Waals surface area contributed by atoms with Gasteiger partial charge in [0.2, 0.25) is 0 Å². The summed E-state index contributed by atoms with van der Waals surface area (Å²) in [5, 5.41) is 3.16. The van der Waals surface area contributed by atoms with E-state index < -0.39 is 0 Å². The minimum atomic E-state index is 0.574. The molecular formula is C15H18ClNOS. The van der Waals surface area contributed by atoms with Crippen LogP contribution in [-0.4, -0.2) is 7.05 Å². The van der Waals surface area contributed by atoms with Crippen molar-refractivity contribution in [3.63, 3.8) is 0 Å². The van der Waals surface area contributed by atoms with Gasteiger partial charge >= 0.3 is 0 Å². The van der Waals surface area contributed by atoms with Crippen LogP contribution in [0.15, 0.2) is 24.3 Å². The zero-order valence-corrected chi connectivity index (χ0v) is 13.0. The molecule has 1 N–H and O–H groups in total. The standard InChI is InChI=1S/C15H18ClNOS/c1-10-6-12(8-17-3)7-11(2)15(10)18-9-13-4-5-14(16)19-13/h4-7,17H,8-9H2,1-3H3. The monoisotopic (exact) mass is 295 g/mol. The Morgan fingerprint density at radius 1 is 1.21 bits per heavy atom. The third-order valence-electron chi connectivity index (χ3n) is 2.89. The average molecular weight is 296 g/mol. The third kappa shape index (κ3) is 3.72. The maximum Gasteiger partial charge on any atom is 0.125 e. The molecule has 0 aliphatic carbocycles. The lowest BCUT2D eigenvalue weighted by Gasteiger charge is -2.13. The van der Waals surface area contributed by atoms with Gasteiger partial charge in [-0.3, -0.25) is 0 Å². The van der Waals surface area contributed by atoms with Crippen LogP contribution in [0.2, 0.25) is 4.34 Å². The summed E-state index contributed by atoms with van der Waals surface area (Å²) in [5.74, 6) is 0.976. The highest BCUT2D eigenvalue weighted by atomic mass is 35.5. The first-order chi connectivity index (χ1) is 9.10. The molecule has 1 aromatic carbocycles. The lowest BCUT2D eigenvalue weighted by molar-refractivity contribution is 0.305. The smallest absolute Gasteiger partial charge is 0.125 e. The molecule has 2 rings (SSSR count). The number of hydrogen-bond acceptors (Lipinski definition) is 3. The van der Waals surface area contributed by atoms with Gasteiger partial charge in [-0.05, 0) is 49.7 Å². The van der Waals surface area contributed by atoms with E-state index >= 15 is 0 Å². The van der Waals surface area contributed by atoms with E-state index in [4.69, 9.17) is 16.3 Å². The van der Waals surface area contributed by atoms with E-state index in [0.29, 0.717) is 6.61 Å². The Morgan fingerprint density at radius 3 is 2.42 bits per heavy atom. The molecule has 4 heteroatoms. The molecule has 0 amide bonds. The van der Waals surface area contributed by atoms with E-state index in [1.54, 1.807) is 11.3 Å². The molecule has 102 valence electrons. The summed E-state index contributed by atoms with van der Waals surface area (Å²) in [7, 11) is 1.95. The van der Waals surface area contributed by atoms with Crippen molar-refractivity contribution in [1.29, 1.82) is 0 Å². The molecule has 0 unspecified atom stereocenters. The van der Waals surface area contributed by atoms with Crippen LogP contribution in [0.3, 0.4) is 0 Å². The Balaban J connectivity index is 2.11. The Bertz CT molecular complexity index is 542. The van der Waals surface area contributed by atoms with E-state index in [-0.39, 0.29) is 0 Å². The second-order valence-electron chi connectivity index (χ2n) is 4.58. The molecule has 0 radical (unpaired) electrons. The van der Waals surface area contributed by atoms with Gasteiger partial charge in [0.05, 0.1) is 4.34 Å². The van der Waals surface area contributed by atoms with Crippen LogP contribution in [-0.2, 0) is 13.2 Å². The number of halogens is 1. The molecule has 1 heterocycles. The van der Waals surface area contributed by atoms with Crippen molar-refractivity contribution >= 4 is 22.9 Å². The lowest BCUT2D eigenvalue weighted by atomic mass is 10.1. The number of thiophene rings is 1. The van der Waals surface area contributed by atoms with Crippen LogP contribution in [0.25, 0.3) is 0 Å². The molecule has 0 atom stereocenters. The summed E-state index contributed by atoms with van der Waals surface area (Å²) in [5.41, 5.74) is 3.63. The molecule has 0 saturated heterocycles.